The molecule has 0 saturated carbocycles. The number of nitrogens with zero attached hydrogens (tertiary/aromatic N) is 3. The number of fused-ring (bicyclic) bond motifs is 1. The van der Waals surface area contributed by atoms with Crippen LogP contribution in [-0.2, 0) is 9.53 Å². The molecule has 2 aliphatic rings. The van der Waals surface area contributed by atoms with Gasteiger partial charge in [0, 0.05) is 67.2 Å². The van der Waals surface area contributed by atoms with Gasteiger partial charge in [-0.1, -0.05) is 25.1 Å². The number of rotatable bonds is 3. The number of hydrogen-bond donors (Lipinski definition) is 1. The minimum atomic E-state index is -0.510. The molecule has 1 saturated heterocycles. The molecule has 2 aromatic rings. The third kappa shape index (κ3) is 5.30. The minimum Gasteiger partial charge on any atom is -0.444 e. The normalized spacial score (nSPS) is 24.2. The maximum atomic E-state index is 12.7. The molecule has 2 aliphatic heterocycles. The maximum absolute atomic E-state index is 12.7. The predicted octanol–water partition coefficient (Wildman–Crippen LogP) is 5.68. The van der Waals surface area contributed by atoms with Gasteiger partial charge in [-0.3, -0.25) is 4.79 Å². The Morgan fingerprint density at radius 3 is 2.31 bits per heavy atom. The Kier molecular flexibility index (Phi) is 7.21. The topological polar surface area (TPSA) is 65.1 Å². The summed E-state index contributed by atoms with van der Waals surface area (Å²) in [6.45, 7) is 15.8. The quantitative estimate of drug-likeness (QED) is 0.598. The summed E-state index contributed by atoms with van der Waals surface area (Å²) < 4.78 is 5.61. The monoisotopic (exact) mass is 492 g/mol. The van der Waals surface area contributed by atoms with E-state index in [0.717, 1.165) is 35.7 Å². The molecule has 1 N–H and O–H groups in total. The number of piperazine rings is 1. The lowest BCUT2D eigenvalue weighted by atomic mass is 9.82. The molecule has 1 unspecified atom stereocenters. The van der Waals surface area contributed by atoms with Crippen LogP contribution in [0.1, 0.15) is 60.1 Å². The van der Waals surface area contributed by atoms with Crippen LogP contribution in [0.2, 0.25) is 0 Å². The van der Waals surface area contributed by atoms with E-state index in [0.29, 0.717) is 6.54 Å². The molecule has 0 spiro atoms. The fourth-order valence-electron chi connectivity index (χ4n) is 5.39. The average molecular weight is 493 g/mol. The Morgan fingerprint density at radius 2 is 1.69 bits per heavy atom. The van der Waals surface area contributed by atoms with Gasteiger partial charge in [0.15, 0.2) is 0 Å². The minimum absolute atomic E-state index is 0.0236. The number of carbonyl (C=O) groups is 2. The molecule has 36 heavy (non-hydrogen) atoms. The predicted molar refractivity (Wildman–Crippen MR) is 146 cm³/mol. The van der Waals surface area contributed by atoms with E-state index < -0.39 is 5.60 Å². The van der Waals surface area contributed by atoms with Crippen molar-refractivity contribution in [3.8, 4) is 0 Å². The lowest BCUT2D eigenvalue weighted by Crippen LogP contribution is -2.55. The highest BCUT2D eigenvalue weighted by Crippen LogP contribution is 2.44. The zero-order valence-electron chi connectivity index (χ0n) is 22.6. The Labute approximate surface area is 215 Å². The molecule has 4 rings (SSSR count). The standard InChI is InChI=1S/C29H40N4O3/c1-19-18-31(15-16-32(19)28(35)36-29(5,6)7)24-13-14-26-25(17-24)27(30-23-11-9-8-10-12-23)20(2)21(3)33(26)22(4)34/h8-14,17,19-21,27,30H,15-16,18H2,1-7H3/t19?,20-,21-,27+/m0/s1. The van der Waals surface area contributed by atoms with E-state index in [2.05, 4.69) is 61.3 Å². The van der Waals surface area contributed by atoms with Crippen LogP contribution in [0, 0.1) is 5.92 Å². The summed E-state index contributed by atoms with van der Waals surface area (Å²) in [6, 6.07) is 16.8. The Morgan fingerprint density at radius 1 is 1.00 bits per heavy atom. The molecule has 0 aromatic heterocycles. The molecule has 7 nitrogen and oxygen atoms in total. The summed E-state index contributed by atoms with van der Waals surface area (Å²) in [5.41, 5.74) is 3.75. The van der Waals surface area contributed by atoms with Crippen LogP contribution in [0.5, 0.6) is 0 Å². The van der Waals surface area contributed by atoms with E-state index in [4.69, 9.17) is 4.74 Å². The Bertz CT molecular complexity index is 1100. The summed E-state index contributed by atoms with van der Waals surface area (Å²) in [4.78, 5) is 31.4. The number of para-hydroxylation sites is 1. The van der Waals surface area contributed by atoms with Crippen LogP contribution in [0.4, 0.5) is 21.9 Å². The number of amides is 2. The molecular formula is C29H40N4O3. The van der Waals surface area contributed by atoms with Crippen LogP contribution in [0.3, 0.4) is 0 Å². The zero-order valence-corrected chi connectivity index (χ0v) is 22.6. The number of hydrogen-bond acceptors (Lipinski definition) is 5. The van der Waals surface area contributed by atoms with E-state index in [1.165, 1.54) is 0 Å². The number of anilines is 3. The number of ether oxygens (including phenoxy) is 1. The van der Waals surface area contributed by atoms with Gasteiger partial charge in [-0.15, -0.1) is 0 Å². The number of benzene rings is 2. The van der Waals surface area contributed by atoms with Gasteiger partial charge in [-0.2, -0.15) is 0 Å². The lowest BCUT2D eigenvalue weighted by molar-refractivity contribution is -0.117. The molecule has 194 valence electrons. The van der Waals surface area contributed by atoms with E-state index in [9.17, 15) is 9.59 Å². The third-order valence-electron chi connectivity index (χ3n) is 7.36. The SMILES string of the molecule is CC(=O)N1c2ccc(N3CCN(C(=O)OC(C)(C)C)C(C)C3)cc2[C@H](Nc2ccccc2)[C@@H](C)[C@@H]1C. The fraction of sp³-hybridized carbons (Fsp3) is 0.517. The summed E-state index contributed by atoms with van der Waals surface area (Å²) in [6.07, 6.45) is -0.257. The van der Waals surface area contributed by atoms with Crippen LogP contribution in [0.25, 0.3) is 0 Å². The van der Waals surface area contributed by atoms with Crippen molar-refractivity contribution < 1.29 is 14.3 Å². The first-order valence-corrected chi connectivity index (χ1v) is 13.0. The molecule has 0 bridgehead atoms. The highest BCUT2D eigenvalue weighted by molar-refractivity contribution is 5.94. The fourth-order valence-corrected chi connectivity index (χ4v) is 5.39. The molecule has 1 fully saturated rings. The third-order valence-corrected chi connectivity index (χ3v) is 7.36. The van der Waals surface area contributed by atoms with E-state index in [1.807, 2.05) is 48.8 Å². The second-order valence-electron chi connectivity index (χ2n) is 11.2. The van der Waals surface area contributed by atoms with Gasteiger partial charge in [0.05, 0.1) is 6.04 Å². The van der Waals surface area contributed by atoms with Gasteiger partial charge in [0.25, 0.3) is 0 Å². The first kappa shape index (κ1) is 25.9. The first-order valence-electron chi connectivity index (χ1n) is 13.0. The van der Waals surface area contributed by atoms with Crippen LogP contribution >= 0.6 is 0 Å². The van der Waals surface area contributed by atoms with Crippen molar-refractivity contribution in [2.75, 3.05) is 34.8 Å². The summed E-state index contributed by atoms with van der Waals surface area (Å²) in [5, 5.41) is 3.73. The second kappa shape index (κ2) is 10.0. The molecule has 0 radical (unpaired) electrons. The van der Waals surface area contributed by atoms with Crippen molar-refractivity contribution in [2.45, 2.75) is 72.2 Å². The van der Waals surface area contributed by atoms with Gasteiger partial charge in [-0.25, -0.2) is 4.79 Å². The smallest absolute Gasteiger partial charge is 0.410 e. The highest BCUT2D eigenvalue weighted by atomic mass is 16.6. The average Bonchev–Trinajstić information content (AvgIpc) is 2.81. The van der Waals surface area contributed by atoms with Crippen molar-refractivity contribution in [3.05, 3.63) is 54.1 Å². The van der Waals surface area contributed by atoms with Crippen molar-refractivity contribution in [3.63, 3.8) is 0 Å². The van der Waals surface area contributed by atoms with Gasteiger partial charge >= 0.3 is 6.09 Å². The van der Waals surface area contributed by atoms with Crippen LogP contribution < -0.4 is 15.1 Å². The van der Waals surface area contributed by atoms with Crippen LogP contribution in [0.15, 0.2) is 48.5 Å². The number of carbonyl (C=O) groups excluding carboxylic acids is 2. The summed E-state index contributed by atoms with van der Waals surface area (Å²) in [7, 11) is 0. The zero-order chi connectivity index (χ0) is 26.2. The van der Waals surface area contributed by atoms with E-state index >= 15 is 0 Å². The van der Waals surface area contributed by atoms with Gasteiger partial charge < -0.3 is 24.8 Å². The molecule has 2 heterocycles. The molecule has 4 atom stereocenters. The van der Waals surface area contributed by atoms with Crippen molar-refractivity contribution in [2.24, 2.45) is 5.92 Å². The maximum Gasteiger partial charge on any atom is 0.410 e. The lowest BCUT2D eigenvalue weighted by Gasteiger charge is -2.45. The summed E-state index contributed by atoms with van der Waals surface area (Å²) >= 11 is 0. The Hall–Kier alpha value is -3.22. The van der Waals surface area contributed by atoms with Crippen molar-refractivity contribution >= 4 is 29.1 Å². The largest absolute Gasteiger partial charge is 0.444 e. The molecule has 2 amide bonds. The van der Waals surface area contributed by atoms with Gasteiger partial charge in [-0.05, 0) is 65.0 Å². The van der Waals surface area contributed by atoms with Crippen molar-refractivity contribution in [1.82, 2.24) is 4.90 Å². The molecular weight excluding hydrogens is 452 g/mol. The van der Waals surface area contributed by atoms with Crippen LogP contribution in [-0.4, -0.2) is 54.2 Å². The number of nitrogens with one attached hydrogen (secondary N) is 1. The van der Waals surface area contributed by atoms with E-state index in [-0.39, 0.29) is 36.0 Å². The first-order chi connectivity index (χ1) is 17.0. The molecule has 0 aliphatic carbocycles. The van der Waals surface area contributed by atoms with Gasteiger partial charge in [0.2, 0.25) is 5.91 Å². The van der Waals surface area contributed by atoms with E-state index in [1.54, 1.807) is 6.92 Å². The molecule has 2 aromatic carbocycles. The van der Waals surface area contributed by atoms with Crippen molar-refractivity contribution in [1.29, 1.82) is 0 Å². The van der Waals surface area contributed by atoms with Gasteiger partial charge in [0.1, 0.15) is 5.60 Å². The highest BCUT2D eigenvalue weighted by Gasteiger charge is 2.39. The Balaban J connectivity index is 1.62. The molecule has 7 heteroatoms. The summed E-state index contributed by atoms with van der Waals surface area (Å²) in [5.74, 6) is 0.265. The second-order valence-corrected chi connectivity index (χ2v) is 11.2.